The summed E-state index contributed by atoms with van der Waals surface area (Å²) in [4.78, 5) is 0. The lowest BCUT2D eigenvalue weighted by molar-refractivity contribution is 0.281. The van der Waals surface area contributed by atoms with Gasteiger partial charge in [-0.2, -0.15) is 0 Å². The number of fused-ring (bicyclic) bond motifs is 1. The zero-order chi connectivity index (χ0) is 13.9. The molecule has 2 aliphatic rings. The molecule has 0 spiro atoms. The van der Waals surface area contributed by atoms with E-state index >= 15 is 0 Å². The SMILES string of the molecule is CC1CCC(CNCc2cc(Cl)cc3c2OCC3)CC1. The first-order valence-electron chi connectivity index (χ1n) is 7.87. The molecule has 1 N–H and O–H groups in total. The van der Waals surface area contributed by atoms with E-state index < -0.39 is 0 Å². The molecule has 0 radical (unpaired) electrons. The first-order valence-corrected chi connectivity index (χ1v) is 8.25. The smallest absolute Gasteiger partial charge is 0.127 e. The summed E-state index contributed by atoms with van der Waals surface area (Å²) in [7, 11) is 0. The Labute approximate surface area is 126 Å². The predicted octanol–water partition coefficient (Wildman–Crippen LogP) is 4.19. The van der Waals surface area contributed by atoms with Crippen LogP contribution in [0.5, 0.6) is 5.75 Å². The van der Waals surface area contributed by atoms with Gasteiger partial charge in [0.05, 0.1) is 6.61 Å². The summed E-state index contributed by atoms with van der Waals surface area (Å²) in [6.07, 6.45) is 6.52. The minimum Gasteiger partial charge on any atom is -0.493 e. The van der Waals surface area contributed by atoms with Gasteiger partial charge in [-0.15, -0.1) is 0 Å². The van der Waals surface area contributed by atoms with Crippen LogP contribution in [0.15, 0.2) is 12.1 Å². The Morgan fingerprint density at radius 3 is 2.85 bits per heavy atom. The number of hydrogen-bond donors (Lipinski definition) is 1. The summed E-state index contributed by atoms with van der Waals surface area (Å²) < 4.78 is 5.74. The number of rotatable bonds is 4. The molecule has 20 heavy (non-hydrogen) atoms. The molecule has 1 heterocycles. The lowest BCUT2D eigenvalue weighted by Crippen LogP contribution is -2.25. The quantitative estimate of drug-likeness (QED) is 0.899. The highest BCUT2D eigenvalue weighted by Crippen LogP contribution is 2.33. The van der Waals surface area contributed by atoms with E-state index in [1.807, 2.05) is 12.1 Å². The molecule has 1 aliphatic carbocycles. The number of halogens is 1. The van der Waals surface area contributed by atoms with E-state index in [1.165, 1.54) is 36.8 Å². The zero-order valence-corrected chi connectivity index (χ0v) is 13.0. The van der Waals surface area contributed by atoms with Gasteiger partial charge in [0.15, 0.2) is 0 Å². The van der Waals surface area contributed by atoms with Crippen LogP contribution in [-0.4, -0.2) is 13.2 Å². The second-order valence-electron chi connectivity index (χ2n) is 6.41. The number of benzene rings is 1. The Morgan fingerprint density at radius 1 is 1.25 bits per heavy atom. The Bertz CT molecular complexity index is 466. The van der Waals surface area contributed by atoms with E-state index in [1.54, 1.807) is 0 Å². The van der Waals surface area contributed by atoms with Gasteiger partial charge in [0.25, 0.3) is 0 Å². The van der Waals surface area contributed by atoms with E-state index in [0.29, 0.717) is 0 Å². The van der Waals surface area contributed by atoms with Gasteiger partial charge in [0.1, 0.15) is 5.75 Å². The molecular weight excluding hydrogens is 270 g/mol. The molecule has 110 valence electrons. The van der Waals surface area contributed by atoms with Crippen LogP contribution in [0.25, 0.3) is 0 Å². The van der Waals surface area contributed by atoms with Gasteiger partial charge in [-0.3, -0.25) is 0 Å². The number of hydrogen-bond acceptors (Lipinski definition) is 2. The first kappa shape index (κ1) is 14.2. The van der Waals surface area contributed by atoms with Gasteiger partial charge in [-0.25, -0.2) is 0 Å². The van der Waals surface area contributed by atoms with Gasteiger partial charge in [0.2, 0.25) is 0 Å². The molecule has 0 saturated heterocycles. The van der Waals surface area contributed by atoms with E-state index in [0.717, 1.165) is 48.7 Å². The highest BCUT2D eigenvalue weighted by molar-refractivity contribution is 6.30. The highest BCUT2D eigenvalue weighted by Gasteiger charge is 2.19. The van der Waals surface area contributed by atoms with E-state index in [2.05, 4.69) is 12.2 Å². The number of nitrogens with one attached hydrogen (secondary N) is 1. The molecule has 0 aromatic heterocycles. The average molecular weight is 294 g/mol. The summed E-state index contributed by atoms with van der Waals surface area (Å²) in [5.41, 5.74) is 2.48. The highest BCUT2D eigenvalue weighted by atomic mass is 35.5. The third-order valence-electron chi connectivity index (χ3n) is 4.71. The molecular formula is C17H24ClNO. The molecule has 0 amide bonds. The monoisotopic (exact) mass is 293 g/mol. The van der Waals surface area contributed by atoms with Crippen LogP contribution in [0.1, 0.15) is 43.7 Å². The largest absolute Gasteiger partial charge is 0.493 e. The second kappa shape index (κ2) is 6.36. The summed E-state index contributed by atoms with van der Waals surface area (Å²) in [5.74, 6) is 2.84. The molecule has 0 atom stereocenters. The maximum Gasteiger partial charge on any atom is 0.127 e. The molecule has 1 fully saturated rings. The van der Waals surface area contributed by atoms with Crippen molar-refractivity contribution in [3.63, 3.8) is 0 Å². The van der Waals surface area contributed by atoms with Crippen molar-refractivity contribution in [1.29, 1.82) is 0 Å². The molecule has 1 saturated carbocycles. The number of ether oxygens (including phenoxy) is 1. The topological polar surface area (TPSA) is 21.3 Å². The molecule has 1 aliphatic heterocycles. The minimum atomic E-state index is 0.795. The van der Waals surface area contributed by atoms with Gasteiger partial charge in [0, 0.05) is 23.6 Å². The van der Waals surface area contributed by atoms with Crippen molar-refractivity contribution < 1.29 is 4.74 Å². The van der Waals surface area contributed by atoms with Crippen LogP contribution < -0.4 is 10.1 Å². The van der Waals surface area contributed by atoms with Crippen LogP contribution in [0.2, 0.25) is 5.02 Å². The van der Waals surface area contributed by atoms with Crippen LogP contribution in [0.3, 0.4) is 0 Å². The van der Waals surface area contributed by atoms with Crippen molar-refractivity contribution in [2.75, 3.05) is 13.2 Å². The fourth-order valence-electron chi connectivity index (χ4n) is 3.42. The average Bonchev–Trinajstić information content (AvgIpc) is 2.89. The molecule has 0 unspecified atom stereocenters. The van der Waals surface area contributed by atoms with Crippen LogP contribution in [0, 0.1) is 11.8 Å². The van der Waals surface area contributed by atoms with Crippen molar-refractivity contribution >= 4 is 11.6 Å². The van der Waals surface area contributed by atoms with E-state index in [4.69, 9.17) is 16.3 Å². The van der Waals surface area contributed by atoms with Crippen molar-refractivity contribution in [1.82, 2.24) is 5.32 Å². The maximum atomic E-state index is 6.19. The van der Waals surface area contributed by atoms with Gasteiger partial charge in [-0.05, 0) is 48.9 Å². The minimum absolute atomic E-state index is 0.795. The Balaban J connectivity index is 1.54. The molecule has 2 nitrogen and oxygen atoms in total. The fourth-order valence-corrected chi connectivity index (χ4v) is 3.68. The lowest BCUT2D eigenvalue weighted by atomic mass is 9.83. The second-order valence-corrected chi connectivity index (χ2v) is 6.84. The lowest BCUT2D eigenvalue weighted by Gasteiger charge is -2.26. The summed E-state index contributed by atoms with van der Waals surface area (Å²) in [5, 5.41) is 4.44. The summed E-state index contributed by atoms with van der Waals surface area (Å²) >= 11 is 6.19. The fraction of sp³-hybridized carbons (Fsp3) is 0.647. The van der Waals surface area contributed by atoms with Crippen molar-refractivity contribution in [2.45, 2.75) is 45.6 Å². The first-order chi connectivity index (χ1) is 9.72. The van der Waals surface area contributed by atoms with Crippen LogP contribution in [-0.2, 0) is 13.0 Å². The maximum absolute atomic E-state index is 6.19. The molecule has 0 bridgehead atoms. The Morgan fingerprint density at radius 2 is 2.05 bits per heavy atom. The zero-order valence-electron chi connectivity index (χ0n) is 12.3. The molecule has 1 aromatic rings. The standard InChI is InChI=1S/C17H24ClNO/c1-12-2-4-13(5-3-12)10-19-11-15-9-16(18)8-14-6-7-20-17(14)15/h8-9,12-13,19H,2-7,10-11H2,1H3. The third kappa shape index (κ3) is 3.29. The van der Waals surface area contributed by atoms with Crippen LogP contribution >= 0.6 is 11.6 Å². The van der Waals surface area contributed by atoms with E-state index in [9.17, 15) is 0 Å². The molecule has 1 aromatic carbocycles. The van der Waals surface area contributed by atoms with Crippen molar-refractivity contribution in [3.05, 3.63) is 28.3 Å². The summed E-state index contributed by atoms with van der Waals surface area (Å²) in [6, 6.07) is 4.08. The normalized spacial score (nSPS) is 25.3. The van der Waals surface area contributed by atoms with Gasteiger partial charge < -0.3 is 10.1 Å². The van der Waals surface area contributed by atoms with Crippen molar-refractivity contribution in [3.8, 4) is 5.75 Å². The molecule has 3 heteroatoms. The molecule has 3 rings (SSSR count). The summed E-state index contributed by atoms with van der Waals surface area (Å²) in [6.45, 7) is 5.16. The van der Waals surface area contributed by atoms with Gasteiger partial charge in [-0.1, -0.05) is 31.4 Å². The Kier molecular flexibility index (Phi) is 4.52. The Hall–Kier alpha value is -0.730. The predicted molar refractivity (Wildman–Crippen MR) is 83.5 cm³/mol. The van der Waals surface area contributed by atoms with Crippen molar-refractivity contribution in [2.24, 2.45) is 11.8 Å². The van der Waals surface area contributed by atoms with Gasteiger partial charge >= 0.3 is 0 Å². The van der Waals surface area contributed by atoms with E-state index in [-0.39, 0.29) is 0 Å². The van der Waals surface area contributed by atoms with Crippen LogP contribution in [0.4, 0.5) is 0 Å². The third-order valence-corrected chi connectivity index (χ3v) is 4.93.